The second-order valence-corrected chi connectivity index (χ2v) is 6.77. The van der Waals surface area contributed by atoms with Gasteiger partial charge in [0.25, 0.3) is 0 Å². The fourth-order valence-corrected chi connectivity index (χ4v) is 3.48. The summed E-state index contributed by atoms with van der Waals surface area (Å²) >= 11 is 8.83. The topological polar surface area (TPSA) is 80.2 Å². The number of rotatable bonds is 3. The Bertz CT molecular complexity index is 627. The van der Waals surface area contributed by atoms with Crippen molar-refractivity contribution in [1.29, 1.82) is 0 Å². The molecular weight excluding hydrogens is 365 g/mol. The second kappa shape index (κ2) is 5.29. The van der Waals surface area contributed by atoms with E-state index < -0.39 is 21.9 Å². The monoisotopic (exact) mass is 371 g/mol. The van der Waals surface area contributed by atoms with Gasteiger partial charge in [0.15, 0.2) is 11.0 Å². The van der Waals surface area contributed by atoms with Crippen LogP contribution < -0.4 is 4.90 Å². The molecule has 1 fully saturated rings. The van der Waals surface area contributed by atoms with Gasteiger partial charge >= 0.3 is 10.2 Å². The Morgan fingerprint density at radius 2 is 2.21 bits per heavy atom. The molecule has 0 radical (unpaired) electrons. The van der Waals surface area contributed by atoms with E-state index in [1.807, 2.05) is 0 Å². The van der Waals surface area contributed by atoms with E-state index in [1.165, 1.54) is 11.0 Å². The predicted octanol–water partition coefficient (Wildman–Crippen LogP) is 1.54. The van der Waals surface area contributed by atoms with Gasteiger partial charge in [-0.3, -0.25) is 9.69 Å². The molecule has 0 aromatic carbocycles. The molecule has 1 amide bonds. The number of aromatic nitrogens is 2. The maximum atomic E-state index is 12.6. The highest BCUT2D eigenvalue weighted by atomic mass is 79.9. The van der Waals surface area contributed by atoms with Crippen LogP contribution in [0, 0.1) is 5.92 Å². The molecule has 6 nitrogen and oxygen atoms in total. The van der Waals surface area contributed by atoms with E-state index in [4.69, 9.17) is 11.6 Å². The molecule has 1 atom stereocenters. The third-order valence-electron chi connectivity index (χ3n) is 2.60. The average molecular weight is 373 g/mol. The van der Waals surface area contributed by atoms with Crippen LogP contribution in [0.25, 0.3) is 0 Å². The normalized spacial score (nSPS) is 20.1. The standard InChI is InChI=1S/C9H8BrClFN3O3S/c10-6-2-7(11)13-14-9(6)15-3-5(1-8(15)16)4-19(12,17)18/h2,5H,1,3-4H2. The smallest absolute Gasteiger partial charge is 0.294 e. The lowest BCUT2D eigenvalue weighted by atomic mass is 10.1. The number of nitrogens with zero attached hydrogens (tertiary/aromatic N) is 3. The van der Waals surface area contributed by atoms with Gasteiger partial charge in [0.1, 0.15) is 0 Å². The molecule has 0 N–H and O–H groups in total. The van der Waals surface area contributed by atoms with Crippen molar-refractivity contribution in [2.45, 2.75) is 6.42 Å². The fraction of sp³-hybridized carbons (Fsp3) is 0.444. The Morgan fingerprint density at radius 1 is 1.53 bits per heavy atom. The van der Waals surface area contributed by atoms with Crippen molar-refractivity contribution < 1.29 is 17.1 Å². The molecule has 1 aromatic rings. The van der Waals surface area contributed by atoms with Crippen LogP contribution in [0.4, 0.5) is 9.70 Å². The molecule has 2 heterocycles. The van der Waals surface area contributed by atoms with Crippen molar-refractivity contribution in [2.24, 2.45) is 5.92 Å². The number of carbonyl (C=O) groups is 1. The number of anilines is 1. The summed E-state index contributed by atoms with van der Waals surface area (Å²) in [4.78, 5) is 13.1. The highest BCUT2D eigenvalue weighted by Gasteiger charge is 2.35. The first kappa shape index (κ1) is 14.6. The predicted molar refractivity (Wildman–Crippen MR) is 70.1 cm³/mol. The van der Waals surface area contributed by atoms with Crippen molar-refractivity contribution >= 4 is 49.5 Å². The molecule has 2 rings (SSSR count). The third kappa shape index (κ3) is 3.61. The van der Waals surface area contributed by atoms with E-state index >= 15 is 0 Å². The zero-order chi connectivity index (χ0) is 14.2. The van der Waals surface area contributed by atoms with Crippen LogP contribution in [0.5, 0.6) is 0 Å². The Balaban J connectivity index is 2.20. The lowest BCUT2D eigenvalue weighted by Crippen LogP contribution is -2.27. The summed E-state index contributed by atoms with van der Waals surface area (Å²) in [6.07, 6.45) is -0.0418. The van der Waals surface area contributed by atoms with Gasteiger partial charge in [0.05, 0.1) is 10.2 Å². The van der Waals surface area contributed by atoms with Crippen LogP contribution in [-0.4, -0.2) is 36.8 Å². The fourth-order valence-electron chi connectivity index (χ4n) is 1.90. The van der Waals surface area contributed by atoms with E-state index in [1.54, 1.807) is 0 Å². The first-order chi connectivity index (χ1) is 8.76. The number of carbonyl (C=O) groups excluding carboxylic acids is 1. The molecule has 1 aliphatic rings. The van der Waals surface area contributed by atoms with Crippen molar-refractivity contribution in [1.82, 2.24) is 10.2 Å². The quantitative estimate of drug-likeness (QED) is 0.752. The molecule has 1 unspecified atom stereocenters. The lowest BCUT2D eigenvalue weighted by molar-refractivity contribution is -0.117. The highest BCUT2D eigenvalue weighted by Crippen LogP contribution is 2.30. The van der Waals surface area contributed by atoms with E-state index in [0.717, 1.165) is 0 Å². The largest absolute Gasteiger partial charge is 0.302 e. The van der Waals surface area contributed by atoms with E-state index in [9.17, 15) is 17.1 Å². The summed E-state index contributed by atoms with van der Waals surface area (Å²) < 4.78 is 34.3. The maximum Gasteiger partial charge on any atom is 0.302 e. The Labute approximate surface area is 122 Å². The zero-order valence-corrected chi connectivity index (χ0v) is 12.5. The average Bonchev–Trinajstić information content (AvgIpc) is 2.56. The first-order valence-corrected chi connectivity index (χ1v) is 7.90. The summed E-state index contributed by atoms with van der Waals surface area (Å²) in [5.41, 5.74) is 0. The van der Waals surface area contributed by atoms with Crippen molar-refractivity contribution in [2.75, 3.05) is 17.2 Å². The van der Waals surface area contributed by atoms with Crippen LogP contribution in [0.15, 0.2) is 10.5 Å². The van der Waals surface area contributed by atoms with Gasteiger partial charge in [0, 0.05) is 18.9 Å². The van der Waals surface area contributed by atoms with Crippen LogP contribution in [0.2, 0.25) is 5.15 Å². The number of halogens is 3. The molecule has 10 heteroatoms. The summed E-state index contributed by atoms with van der Waals surface area (Å²) in [5.74, 6) is -1.35. The number of amides is 1. The van der Waals surface area contributed by atoms with Gasteiger partial charge in [-0.05, 0) is 22.0 Å². The van der Waals surface area contributed by atoms with Gasteiger partial charge < -0.3 is 0 Å². The number of hydrogen-bond donors (Lipinski definition) is 0. The van der Waals surface area contributed by atoms with Crippen LogP contribution in [-0.2, 0) is 15.0 Å². The Kier molecular flexibility index (Phi) is 4.07. The molecule has 1 aromatic heterocycles. The van der Waals surface area contributed by atoms with E-state index in [-0.39, 0.29) is 29.8 Å². The highest BCUT2D eigenvalue weighted by molar-refractivity contribution is 9.10. The molecular formula is C9H8BrClFN3O3S. The molecule has 0 bridgehead atoms. The Morgan fingerprint density at radius 3 is 2.79 bits per heavy atom. The summed E-state index contributed by atoms with van der Waals surface area (Å²) in [6.45, 7) is 0.0803. The summed E-state index contributed by atoms with van der Waals surface area (Å²) in [7, 11) is -4.60. The molecule has 0 saturated carbocycles. The SMILES string of the molecule is O=C1CC(CS(=O)(=O)F)CN1c1nnc(Cl)cc1Br. The van der Waals surface area contributed by atoms with E-state index in [0.29, 0.717) is 4.47 Å². The van der Waals surface area contributed by atoms with Gasteiger partial charge in [-0.2, -0.15) is 8.42 Å². The minimum Gasteiger partial charge on any atom is -0.294 e. The molecule has 0 aliphatic carbocycles. The summed E-state index contributed by atoms with van der Waals surface area (Å²) in [5, 5.41) is 7.55. The zero-order valence-electron chi connectivity index (χ0n) is 9.38. The number of hydrogen-bond acceptors (Lipinski definition) is 5. The van der Waals surface area contributed by atoms with Crippen molar-refractivity contribution in [3.05, 3.63) is 15.7 Å². The van der Waals surface area contributed by atoms with Crippen molar-refractivity contribution in [3.8, 4) is 0 Å². The molecule has 19 heavy (non-hydrogen) atoms. The van der Waals surface area contributed by atoms with Crippen LogP contribution in [0.1, 0.15) is 6.42 Å². The van der Waals surface area contributed by atoms with Gasteiger partial charge in [-0.25, -0.2) is 0 Å². The van der Waals surface area contributed by atoms with Crippen molar-refractivity contribution in [3.63, 3.8) is 0 Å². The van der Waals surface area contributed by atoms with Gasteiger partial charge in [0.2, 0.25) is 5.91 Å². The molecule has 104 valence electrons. The van der Waals surface area contributed by atoms with Gasteiger partial charge in [-0.1, -0.05) is 11.6 Å². The summed E-state index contributed by atoms with van der Waals surface area (Å²) in [6, 6.07) is 1.47. The molecule has 1 saturated heterocycles. The minimum atomic E-state index is -4.60. The third-order valence-corrected chi connectivity index (χ3v) is 4.23. The van der Waals surface area contributed by atoms with Gasteiger partial charge in [-0.15, -0.1) is 14.1 Å². The molecule has 0 spiro atoms. The Hall–Kier alpha value is -0.800. The minimum absolute atomic E-state index is 0.0418. The maximum absolute atomic E-state index is 12.6. The van der Waals surface area contributed by atoms with E-state index in [2.05, 4.69) is 26.1 Å². The molecule has 1 aliphatic heterocycles. The van der Waals surface area contributed by atoms with Crippen LogP contribution in [0.3, 0.4) is 0 Å². The lowest BCUT2D eigenvalue weighted by Gasteiger charge is -2.15. The van der Waals surface area contributed by atoms with Crippen LogP contribution >= 0.6 is 27.5 Å². The second-order valence-electron chi connectivity index (χ2n) is 4.12. The first-order valence-electron chi connectivity index (χ1n) is 5.17.